The highest BCUT2D eigenvalue weighted by Crippen LogP contribution is 2.51. The van der Waals surface area contributed by atoms with Crippen molar-refractivity contribution in [3.8, 4) is 0 Å². The summed E-state index contributed by atoms with van der Waals surface area (Å²) in [5.74, 6) is 2.33. The number of guanidine groups is 1. The Bertz CT molecular complexity index is 516. The molecule has 5 heteroatoms. The zero-order valence-electron chi connectivity index (χ0n) is 16.4. The summed E-state index contributed by atoms with van der Waals surface area (Å²) in [4.78, 5) is 7.44. The van der Waals surface area contributed by atoms with Crippen molar-refractivity contribution in [2.75, 3.05) is 26.2 Å². The molecule has 2 saturated carbocycles. The SMILES string of the molecule is CCN=C(NC1CN(C2CC2)CC1C)NC1C2CCCOC2C1(C)C. The van der Waals surface area contributed by atoms with E-state index < -0.39 is 0 Å². The number of fused-ring (bicyclic) bond motifs is 1. The van der Waals surface area contributed by atoms with Crippen LogP contribution >= 0.6 is 0 Å². The second-order valence-electron chi connectivity index (χ2n) is 9.28. The summed E-state index contributed by atoms with van der Waals surface area (Å²) in [6, 6.07) is 1.84. The Kier molecular flexibility index (Phi) is 4.74. The number of ether oxygens (including phenoxy) is 1. The average Bonchev–Trinajstić information content (AvgIpc) is 3.37. The molecule has 0 aromatic carbocycles. The maximum atomic E-state index is 6.05. The van der Waals surface area contributed by atoms with Gasteiger partial charge in [-0.15, -0.1) is 0 Å². The van der Waals surface area contributed by atoms with Crippen molar-refractivity contribution in [3.63, 3.8) is 0 Å². The normalized spacial score (nSPS) is 41.1. The van der Waals surface area contributed by atoms with Gasteiger partial charge in [-0.1, -0.05) is 20.8 Å². The van der Waals surface area contributed by atoms with Gasteiger partial charge in [-0.2, -0.15) is 0 Å². The van der Waals surface area contributed by atoms with Crippen LogP contribution in [0.3, 0.4) is 0 Å². The maximum Gasteiger partial charge on any atom is 0.191 e. The third-order valence-electron chi connectivity index (χ3n) is 6.97. The quantitative estimate of drug-likeness (QED) is 0.604. The van der Waals surface area contributed by atoms with E-state index in [9.17, 15) is 0 Å². The van der Waals surface area contributed by atoms with Crippen molar-refractivity contribution >= 4 is 5.96 Å². The Hall–Kier alpha value is -0.810. The van der Waals surface area contributed by atoms with Crippen LogP contribution in [0.15, 0.2) is 4.99 Å². The Balaban J connectivity index is 1.39. The van der Waals surface area contributed by atoms with E-state index in [4.69, 9.17) is 9.73 Å². The topological polar surface area (TPSA) is 48.9 Å². The van der Waals surface area contributed by atoms with Gasteiger partial charge < -0.3 is 15.4 Å². The Morgan fingerprint density at radius 1 is 1.20 bits per heavy atom. The summed E-state index contributed by atoms with van der Waals surface area (Å²) in [7, 11) is 0. The standard InChI is InChI=1S/C20H36N4O/c1-5-21-19(22-16-12-24(11-13(16)2)14-8-9-14)23-17-15-7-6-10-25-18(15)20(17,3)4/h13-18H,5-12H2,1-4H3,(H2,21,22,23). The van der Waals surface area contributed by atoms with Crippen LogP contribution in [0.25, 0.3) is 0 Å². The van der Waals surface area contributed by atoms with Crippen LogP contribution in [0.4, 0.5) is 0 Å². The molecule has 0 bridgehead atoms. The predicted molar refractivity (Wildman–Crippen MR) is 102 cm³/mol. The summed E-state index contributed by atoms with van der Waals surface area (Å²) < 4.78 is 6.05. The second kappa shape index (κ2) is 6.73. The molecule has 4 rings (SSSR count). The van der Waals surface area contributed by atoms with Crippen molar-refractivity contribution in [2.45, 2.75) is 77.6 Å². The fraction of sp³-hybridized carbons (Fsp3) is 0.950. The number of rotatable bonds is 4. The second-order valence-corrected chi connectivity index (χ2v) is 9.28. The molecular weight excluding hydrogens is 312 g/mol. The molecule has 2 saturated heterocycles. The van der Waals surface area contributed by atoms with Crippen LogP contribution in [0.5, 0.6) is 0 Å². The number of nitrogens with one attached hydrogen (secondary N) is 2. The van der Waals surface area contributed by atoms with Gasteiger partial charge in [0.15, 0.2) is 5.96 Å². The van der Waals surface area contributed by atoms with Gasteiger partial charge in [0.1, 0.15) is 0 Å². The number of hydrogen-bond donors (Lipinski definition) is 2. The van der Waals surface area contributed by atoms with E-state index in [-0.39, 0.29) is 5.41 Å². The lowest BCUT2D eigenvalue weighted by atomic mass is 9.55. The third kappa shape index (κ3) is 3.30. The minimum atomic E-state index is 0.183. The van der Waals surface area contributed by atoms with Crippen molar-refractivity contribution < 1.29 is 4.74 Å². The highest BCUT2D eigenvalue weighted by atomic mass is 16.5. The average molecular weight is 349 g/mol. The van der Waals surface area contributed by atoms with E-state index in [2.05, 4.69) is 43.2 Å². The highest BCUT2D eigenvalue weighted by Gasteiger charge is 2.58. The summed E-state index contributed by atoms with van der Waals surface area (Å²) in [6.07, 6.45) is 5.68. The Labute approximate surface area is 153 Å². The first-order valence-corrected chi connectivity index (χ1v) is 10.4. The lowest BCUT2D eigenvalue weighted by molar-refractivity contribution is -0.188. The summed E-state index contributed by atoms with van der Waals surface area (Å²) >= 11 is 0. The zero-order valence-corrected chi connectivity index (χ0v) is 16.4. The van der Waals surface area contributed by atoms with E-state index in [1.54, 1.807) is 0 Å². The molecule has 2 aliphatic heterocycles. The lowest BCUT2D eigenvalue weighted by Gasteiger charge is -2.60. The van der Waals surface area contributed by atoms with Crippen molar-refractivity contribution in [1.82, 2.24) is 15.5 Å². The lowest BCUT2D eigenvalue weighted by Crippen LogP contribution is -2.71. The van der Waals surface area contributed by atoms with Gasteiger partial charge in [0, 0.05) is 55.7 Å². The molecular formula is C20H36N4O. The zero-order chi connectivity index (χ0) is 17.6. The summed E-state index contributed by atoms with van der Waals surface area (Å²) in [6.45, 7) is 13.3. The van der Waals surface area contributed by atoms with Crippen LogP contribution in [0.2, 0.25) is 0 Å². The molecule has 0 radical (unpaired) electrons. The fourth-order valence-corrected chi connectivity index (χ4v) is 5.36. The van der Waals surface area contributed by atoms with Gasteiger partial charge in [0.25, 0.3) is 0 Å². The predicted octanol–water partition coefficient (Wildman–Crippen LogP) is 2.23. The first-order valence-electron chi connectivity index (χ1n) is 10.4. The van der Waals surface area contributed by atoms with E-state index in [0.29, 0.717) is 30.0 Å². The molecule has 0 aromatic rings. The van der Waals surface area contributed by atoms with E-state index in [1.165, 1.54) is 38.8 Å². The van der Waals surface area contributed by atoms with Gasteiger partial charge >= 0.3 is 0 Å². The monoisotopic (exact) mass is 348 g/mol. The molecule has 0 aromatic heterocycles. The van der Waals surface area contributed by atoms with Gasteiger partial charge in [-0.25, -0.2) is 0 Å². The van der Waals surface area contributed by atoms with Crippen LogP contribution < -0.4 is 10.6 Å². The van der Waals surface area contributed by atoms with Crippen molar-refractivity contribution in [2.24, 2.45) is 22.2 Å². The molecule has 4 aliphatic rings. The molecule has 2 N–H and O–H groups in total. The van der Waals surface area contributed by atoms with Gasteiger partial charge in [0.05, 0.1) is 6.10 Å². The largest absolute Gasteiger partial charge is 0.377 e. The van der Waals surface area contributed by atoms with Gasteiger partial charge in [-0.05, 0) is 38.5 Å². The highest BCUT2D eigenvalue weighted by molar-refractivity contribution is 5.81. The molecule has 5 nitrogen and oxygen atoms in total. The minimum Gasteiger partial charge on any atom is -0.377 e. The summed E-state index contributed by atoms with van der Waals surface area (Å²) in [5, 5.41) is 7.56. The number of nitrogens with zero attached hydrogens (tertiary/aromatic N) is 2. The van der Waals surface area contributed by atoms with Crippen LogP contribution in [0, 0.1) is 17.3 Å². The number of likely N-dealkylation sites (tertiary alicyclic amines) is 1. The van der Waals surface area contributed by atoms with Crippen molar-refractivity contribution in [3.05, 3.63) is 0 Å². The summed E-state index contributed by atoms with van der Waals surface area (Å²) in [5.41, 5.74) is 0.183. The number of hydrogen-bond acceptors (Lipinski definition) is 3. The number of aliphatic imine (C=N–C) groups is 1. The first-order chi connectivity index (χ1) is 12.0. The van der Waals surface area contributed by atoms with Crippen molar-refractivity contribution in [1.29, 1.82) is 0 Å². The Morgan fingerprint density at radius 3 is 2.72 bits per heavy atom. The van der Waals surface area contributed by atoms with Crippen LogP contribution in [-0.4, -0.2) is 61.3 Å². The van der Waals surface area contributed by atoms with Crippen LogP contribution in [-0.2, 0) is 4.74 Å². The molecule has 5 unspecified atom stereocenters. The minimum absolute atomic E-state index is 0.183. The molecule has 25 heavy (non-hydrogen) atoms. The van der Waals surface area contributed by atoms with Gasteiger partial charge in [-0.3, -0.25) is 9.89 Å². The first kappa shape index (κ1) is 17.6. The third-order valence-corrected chi connectivity index (χ3v) is 6.97. The van der Waals surface area contributed by atoms with E-state index in [0.717, 1.165) is 25.2 Å². The Morgan fingerprint density at radius 2 is 2.00 bits per heavy atom. The molecule has 142 valence electrons. The molecule has 4 fully saturated rings. The van der Waals surface area contributed by atoms with Gasteiger partial charge in [0.2, 0.25) is 0 Å². The van der Waals surface area contributed by atoms with E-state index in [1.807, 2.05) is 0 Å². The van der Waals surface area contributed by atoms with Crippen LogP contribution in [0.1, 0.15) is 53.4 Å². The molecule has 5 atom stereocenters. The molecule has 0 spiro atoms. The molecule has 2 aliphatic carbocycles. The van der Waals surface area contributed by atoms with E-state index >= 15 is 0 Å². The smallest absolute Gasteiger partial charge is 0.191 e. The fourth-order valence-electron chi connectivity index (χ4n) is 5.36. The maximum absolute atomic E-state index is 6.05. The molecule has 2 heterocycles. The molecule has 0 amide bonds.